The zero-order valence-electron chi connectivity index (χ0n) is 16.4. The van der Waals surface area contributed by atoms with Crippen LogP contribution in [0.3, 0.4) is 0 Å². The smallest absolute Gasteiger partial charge is 0.325 e. The van der Waals surface area contributed by atoms with Crippen LogP contribution in [0.5, 0.6) is 5.75 Å². The van der Waals surface area contributed by atoms with Gasteiger partial charge in [0, 0.05) is 5.39 Å². The number of amides is 1. The molecule has 0 aliphatic rings. The predicted molar refractivity (Wildman–Crippen MR) is 116 cm³/mol. The maximum atomic E-state index is 12.5. The Morgan fingerprint density at radius 1 is 1.00 bits per heavy atom. The third kappa shape index (κ3) is 4.26. The molecule has 4 aromatic rings. The Hall–Kier alpha value is -3.45. The number of rotatable bonds is 6. The van der Waals surface area contributed by atoms with Crippen LogP contribution < -0.4 is 9.54 Å². The number of thiazole rings is 1. The molecule has 0 N–H and O–H groups in total. The van der Waals surface area contributed by atoms with Crippen molar-refractivity contribution in [3.63, 3.8) is 0 Å². The van der Waals surface area contributed by atoms with Gasteiger partial charge in [-0.3, -0.25) is 9.59 Å². The number of carbonyl (C=O) groups is 2. The van der Waals surface area contributed by atoms with Gasteiger partial charge in [0.05, 0.1) is 30.4 Å². The fourth-order valence-electron chi connectivity index (χ4n) is 3.17. The van der Waals surface area contributed by atoms with Gasteiger partial charge in [-0.25, -0.2) is 0 Å². The molecule has 0 atom stereocenters. The van der Waals surface area contributed by atoms with Gasteiger partial charge in [0.2, 0.25) is 0 Å². The summed E-state index contributed by atoms with van der Waals surface area (Å²) in [6.45, 7) is 0.221. The van der Waals surface area contributed by atoms with Gasteiger partial charge in [0.15, 0.2) is 4.80 Å². The molecule has 0 saturated carbocycles. The minimum absolute atomic E-state index is 0.0124. The highest BCUT2D eigenvalue weighted by atomic mass is 32.1. The number of hydrogen-bond donors (Lipinski definition) is 0. The van der Waals surface area contributed by atoms with Crippen LogP contribution in [-0.4, -0.2) is 30.2 Å². The van der Waals surface area contributed by atoms with Crippen molar-refractivity contribution >= 4 is 44.2 Å². The highest BCUT2D eigenvalue weighted by Crippen LogP contribution is 2.27. The van der Waals surface area contributed by atoms with Crippen molar-refractivity contribution in [3.05, 3.63) is 71.5 Å². The van der Waals surface area contributed by atoms with E-state index in [-0.39, 0.29) is 25.5 Å². The van der Waals surface area contributed by atoms with Crippen LogP contribution in [0.25, 0.3) is 21.0 Å². The van der Waals surface area contributed by atoms with E-state index in [0.717, 1.165) is 21.0 Å². The molecule has 0 aliphatic carbocycles. The first-order valence-electron chi connectivity index (χ1n) is 9.49. The van der Waals surface area contributed by atoms with E-state index in [0.29, 0.717) is 10.6 Å². The summed E-state index contributed by atoms with van der Waals surface area (Å²) < 4.78 is 13.1. The van der Waals surface area contributed by atoms with Gasteiger partial charge in [-0.05, 0) is 23.6 Å². The van der Waals surface area contributed by atoms with Crippen molar-refractivity contribution in [2.24, 2.45) is 4.99 Å². The molecular formula is C23H20N2O4S. The van der Waals surface area contributed by atoms with Crippen LogP contribution in [0.4, 0.5) is 0 Å². The molecule has 0 fully saturated rings. The van der Waals surface area contributed by atoms with Crippen LogP contribution in [0.15, 0.2) is 71.7 Å². The zero-order chi connectivity index (χ0) is 20.9. The Labute approximate surface area is 177 Å². The molecular weight excluding hydrogens is 400 g/mol. The van der Waals surface area contributed by atoms with Crippen LogP contribution in [0.2, 0.25) is 0 Å². The van der Waals surface area contributed by atoms with E-state index in [1.165, 1.54) is 18.4 Å². The summed E-state index contributed by atoms with van der Waals surface area (Å²) in [5.74, 6) is 0.00367. The Morgan fingerprint density at radius 3 is 2.57 bits per heavy atom. The van der Waals surface area contributed by atoms with E-state index in [2.05, 4.69) is 4.99 Å². The molecule has 7 heteroatoms. The van der Waals surface area contributed by atoms with Gasteiger partial charge in [0.1, 0.15) is 12.3 Å². The van der Waals surface area contributed by atoms with E-state index in [1.54, 1.807) is 4.57 Å². The molecule has 0 spiro atoms. The molecule has 0 aliphatic heterocycles. The van der Waals surface area contributed by atoms with Crippen molar-refractivity contribution in [1.82, 2.24) is 4.57 Å². The van der Waals surface area contributed by atoms with Crippen LogP contribution in [0, 0.1) is 0 Å². The fourth-order valence-corrected chi connectivity index (χ4v) is 4.35. The summed E-state index contributed by atoms with van der Waals surface area (Å²) in [6, 6.07) is 21.3. The van der Waals surface area contributed by atoms with E-state index in [1.807, 2.05) is 66.7 Å². The Morgan fingerprint density at radius 2 is 1.77 bits per heavy atom. The summed E-state index contributed by atoms with van der Waals surface area (Å²) >= 11 is 1.39. The second-order valence-electron chi connectivity index (χ2n) is 6.60. The third-order valence-corrected chi connectivity index (χ3v) is 5.76. The molecule has 3 aromatic carbocycles. The van der Waals surface area contributed by atoms with Crippen LogP contribution in [0.1, 0.15) is 6.42 Å². The fraction of sp³-hybridized carbons (Fsp3) is 0.174. The third-order valence-electron chi connectivity index (χ3n) is 4.64. The minimum Gasteiger partial charge on any atom is -0.493 e. The maximum absolute atomic E-state index is 12.5. The normalized spacial score (nSPS) is 11.7. The molecule has 1 amide bonds. The van der Waals surface area contributed by atoms with Gasteiger partial charge in [-0.15, -0.1) is 0 Å². The quantitative estimate of drug-likeness (QED) is 0.443. The van der Waals surface area contributed by atoms with E-state index in [9.17, 15) is 9.59 Å². The summed E-state index contributed by atoms with van der Waals surface area (Å²) in [7, 11) is 1.34. The highest BCUT2D eigenvalue weighted by Gasteiger charge is 2.14. The Balaban J connectivity index is 1.67. The zero-order valence-corrected chi connectivity index (χ0v) is 17.2. The second-order valence-corrected chi connectivity index (χ2v) is 7.58. The minimum atomic E-state index is -0.399. The monoisotopic (exact) mass is 420 g/mol. The van der Waals surface area contributed by atoms with Crippen molar-refractivity contribution in [2.45, 2.75) is 13.0 Å². The molecule has 1 heterocycles. The average Bonchev–Trinajstić information content (AvgIpc) is 3.11. The Kier molecular flexibility index (Phi) is 5.90. The van der Waals surface area contributed by atoms with E-state index >= 15 is 0 Å². The largest absolute Gasteiger partial charge is 0.493 e. The lowest BCUT2D eigenvalue weighted by Crippen LogP contribution is -2.22. The predicted octanol–water partition coefficient (Wildman–Crippen LogP) is 3.93. The average molecular weight is 420 g/mol. The molecule has 0 saturated heterocycles. The molecule has 0 unspecified atom stereocenters. The molecule has 6 nitrogen and oxygen atoms in total. The van der Waals surface area contributed by atoms with E-state index < -0.39 is 5.97 Å². The van der Waals surface area contributed by atoms with Gasteiger partial charge >= 0.3 is 5.97 Å². The van der Waals surface area contributed by atoms with Crippen LogP contribution >= 0.6 is 11.3 Å². The number of benzene rings is 3. The first-order valence-corrected chi connectivity index (χ1v) is 10.3. The standard InChI is InChI=1S/C23H20N2O4S/c1-28-21(27)15-25-19-12-11-16-7-5-6-10-18(16)22(19)30-23(25)24-20(26)13-14-29-17-8-3-2-4-9-17/h2-12H,13-15H2,1H3. The second kappa shape index (κ2) is 8.92. The van der Waals surface area contributed by atoms with Crippen molar-refractivity contribution in [2.75, 3.05) is 13.7 Å². The summed E-state index contributed by atoms with van der Waals surface area (Å²) in [4.78, 5) is 29.2. The number of nitrogens with zero attached hydrogens (tertiary/aromatic N) is 2. The van der Waals surface area contributed by atoms with Gasteiger partial charge in [0.25, 0.3) is 5.91 Å². The highest BCUT2D eigenvalue weighted by molar-refractivity contribution is 7.17. The van der Waals surface area contributed by atoms with Gasteiger partial charge in [-0.1, -0.05) is 59.9 Å². The number of ether oxygens (including phenoxy) is 2. The van der Waals surface area contributed by atoms with Crippen molar-refractivity contribution in [1.29, 1.82) is 0 Å². The number of fused-ring (bicyclic) bond motifs is 3. The van der Waals surface area contributed by atoms with Crippen LogP contribution in [-0.2, 0) is 20.9 Å². The molecule has 0 radical (unpaired) electrons. The number of carbonyl (C=O) groups excluding carboxylic acids is 2. The first kappa shape index (κ1) is 19.8. The molecule has 152 valence electrons. The lowest BCUT2D eigenvalue weighted by Gasteiger charge is -2.05. The SMILES string of the molecule is COC(=O)Cn1c(=NC(=O)CCOc2ccccc2)sc2c3ccccc3ccc21. The molecule has 0 bridgehead atoms. The number of methoxy groups -OCH3 is 1. The number of aromatic nitrogens is 1. The van der Waals surface area contributed by atoms with Gasteiger partial charge in [-0.2, -0.15) is 4.99 Å². The molecule has 1 aromatic heterocycles. The van der Waals surface area contributed by atoms with Crippen molar-refractivity contribution < 1.29 is 19.1 Å². The van der Waals surface area contributed by atoms with E-state index in [4.69, 9.17) is 9.47 Å². The number of para-hydroxylation sites is 1. The molecule has 30 heavy (non-hydrogen) atoms. The Bertz CT molecular complexity index is 1270. The summed E-state index contributed by atoms with van der Waals surface area (Å²) in [5.41, 5.74) is 0.844. The number of esters is 1. The topological polar surface area (TPSA) is 69.9 Å². The number of hydrogen-bond acceptors (Lipinski definition) is 5. The summed E-state index contributed by atoms with van der Waals surface area (Å²) in [5, 5.41) is 2.14. The first-order chi connectivity index (χ1) is 14.7. The lowest BCUT2D eigenvalue weighted by molar-refractivity contribution is -0.141. The maximum Gasteiger partial charge on any atom is 0.325 e. The van der Waals surface area contributed by atoms with Crippen molar-refractivity contribution in [3.8, 4) is 5.75 Å². The van der Waals surface area contributed by atoms with Gasteiger partial charge < -0.3 is 14.0 Å². The molecule has 4 rings (SSSR count). The lowest BCUT2D eigenvalue weighted by atomic mass is 10.1. The summed E-state index contributed by atoms with van der Waals surface area (Å²) in [6.07, 6.45) is 0.141.